The molecule has 1 aromatic rings. The summed E-state index contributed by atoms with van der Waals surface area (Å²) in [5.74, 6) is -1.54. The molecule has 0 amide bonds. The van der Waals surface area contributed by atoms with E-state index < -0.39 is 11.6 Å². The highest BCUT2D eigenvalue weighted by Gasteiger charge is 2.06. The Morgan fingerprint density at radius 1 is 1.25 bits per heavy atom. The van der Waals surface area contributed by atoms with Gasteiger partial charge < -0.3 is 0 Å². The fraction of sp³-hybridized carbons (Fsp3) is 0. The summed E-state index contributed by atoms with van der Waals surface area (Å²) in [5, 5.41) is 0. The van der Waals surface area contributed by atoms with Crippen LogP contribution < -0.4 is 0 Å². The predicted octanol–water partition coefficient (Wildman–Crippen LogP) is 2.42. The first-order valence-corrected chi connectivity index (χ1v) is 3.25. The summed E-state index contributed by atoms with van der Waals surface area (Å²) in [6.45, 7) is 3.24. The highest BCUT2D eigenvalue weighted by molar-refractivity contribution is 5.75. The van der Waals surface area contributed by atoms with Crippen LogP contribution in [0.25, 0.3) is 6.08 Å². The van der Waals surface area contributed by atoms with Crippen molar-refractivity contribution < 1.29 is 13.6 Å². The van der Waals surface area contributed by atoms with Gasteiger partial charge in [0.25, 0.3) is 0 Å². The molecule has 0 radical (unpaired) electrons. The molecule has 0 saturated heterocycles. The lowest BCUT2D eigenvalue weighted by atomic mass is 10.1. The van der Waals surface area contributed by atoms with Crippen molar-refractivity contribution >= 4 is 12.4 Å². The quantitative estimate of drug-likeness (QED) is 0.620. The fourth-order valence-electron chi connectivity index (χ4n) is 0.867. The molecule has 0 spiro atoms. The number of hydrogen-bond donors (Lipinski definition) is 0. The first kappa shape index (κ1) is 8.59. The second-order valence-electron chi connectivity index (χ2n) is 2.22. The molecule has 1 aromatic carbocycles. The van der Waals surface area contributed by atoms with Gasteiger partial charge in [0, 0.05) is 11.1 Å². The van der Waals surface area contributed by atoms with Gasteiger partial charge in [0.1, 0.15) is 17.9 Å². The smallest absolute Gasteiger partial charge is 0.150 e. The Kier molecular flexibility index (Phi) is 2.33. The monoisotopic (exact) mass is 168 g/mol. The molecule has 0 aliphatic rings. The molecule has 1 rings (SSSR count). The Morgan fingerprint density at radius 2 is 1.75 bits per heavy atom. The molecule has 0 unspecified atom stereocenters. The molecular formula is C9H6F2O. The van der Waals surface area contributed by atoms with E-state index >= 15 is 0 Å². The molecule has 0 heterocycles. The van der Waals surface area contributed by atoms with Gasteiger partial charge in [-0.25, -0.2) is 8.78 Å². The molecule has 0 bridgehead atoms. The van der Waals surface area contributed by atoms with E-state index in [9.17, 15) is 13.6 Å². The molecular weight excluding hydrogens is 162 g/mol. The number of rotatable bonds is 2. The number of aldehydes is 1. The van der Waals surface area contributed by atoms with Crippen molar-refractivity contribution in [2.45, 2.75) is 0 Å². The minimum Gasteiger partial charge on any atom is -0.298 e. The Balaban J connectivity index is 3.36. The van der Waals surface area contributed by atoms with Gasteiger partial charge in [-0.15, -0.1) is 0 Å². The lowest BCUT2D eigenvalue weighted by Gasteiger charge is -1.99. The number of halogens is 2. The van der Waals surface area contributed by atoms with Crippen molar-refractivity contribution in [3.63, 3.8) is 0 Å². The zero-order valence-corrected chi connectivity index (χ0v) is 6.18. The van der Waals surface area contributed by atoms with Crippen LogP contribution in [0.1, 0.15) is 15.9 Å². The summed E-state index contributed by atoms with van der Waals surface area (Å²) >= 11 is 0. The summed E-state index contributed by atoms with van der Waals surface area (Å²) in [4.78, 5) is 10.2. The molecule has 62 valence electrons. The summed E-state index contributed by atoms with van der Waals surface area (Å²) in [5.41, 5.74) is -0.226. The van der Waals surface area contributed by atoms with Crippen molar-refractivity contribution in [1.82, 2.24) is 0 Å². The van der Waals surface area contributed by atoms with E-state index in [2.05, 4.69) is 6.58 Å². The second-order valence-corrected chi connectivity index (χ2v) is 2.22. The lowest BCUT2D eigenvalue weighted by molar-refractivity contribution is 0.112. The van der Waals surface area contributed by atoms with Gasteiger partial charge in [-0.2, -0.15) is 0 Å². The highest BCUT2D eigenvalue weighted by Crippen LogP contribution is 2.15. The minimum atomic E-state index is -0.771. The van der Waals surface area contributed by atoms with Crippen LogP contribution in [0.5, 0.6) is 0 Å². The third-order valence-electron chi connectivity index (χ3n) is 1.44. The third-order valence-corrected chi connectivity index (χ3v) is 1.44. The molecule has 0 atom stereocenters. The van der Waals surface area contributed by atoms with E-state index in [-0.39, 0.29) is 11.1 Å². The number of benzene rings is 1. The van der Waals surface area contributed by atoms with Crippen LogP contribution in [0.3, 0.4) is 0 Å². The predicted molar refractivity (Wildman–Crippen MR) is 41.8 cm³/mol. The van der Waals surface area contributed by atoms with E-state index in [4.69, 9.17) is 0 Å². The summed E-state index contributed by atoms with van der Waals surface area (Å²) < 4.78 is 25.7. The van der Waals surface area contributed by atoms with Gasteiger partial charge in [-0.1, -0.05) is 12.7 Å². The molecule has 0 N–H and O–H groups in total. The van der Waals surface area contributed by atoms with Crippen LogP contribution in [-0.4, -0.2) is 6.29 Å². The Bertz CT molecular complexity index is 308. The summed E-state index contributed by atoms with van der Waals surface area (Å²) in [7, 11) is 0. The van der Waals surface area contributed by atoms with Crippen molar-refractivity contribution in [2.24, 2.45) is 0 Å². The van der Waals surface area contributed by atoms with Crippen LogP contribution >= 0.6 is 0 Å². The van der Waals surface area contributed by atoms with Crippen LogP contribution in [-0.2, 0) is 0 Å². The average Bonchev–Trinajstić information content (AvgIpc) is 2.03. The summed E-state index contributed by atoms with van der Waals surface area (Å²) in [6, 6.07) is 1.93. The number of carbonyl (C=O) groups excluding carboxylic acids is 1. The van der Waals surface area contributed by atoms with Gasteiger partial charge in [-0.05, 0) is 12.1 Å². The van der Waals surface area contributed by atoms with Gasteiger partial charge in [0.15, 0.2) is 0 Å². The zero-order valence-electron chi connectivity index (χ0n) is 6.18. The second kappa shape index (κ2) is 3.26. The fourth-order valence-corrected chi connectivity index (χ4v) is 0.867. The van der Waals surface area contributed by atoms with Gasteiger partial charge >= 0.3 is 0 Å². The molecule has 0 fully saturated rings. The number of carbonyl (C=O) groups is 1. The maximum absolute atomic E-state index is 12.8. The molecule has 3 heteroatoms. The standard InChI is InChI=1S/C9H6F2O/c1-2-7-8(10)3-6(5-12)4-9(7)11/h2-5H,1H2. The molecule has 0 saturated carbocycles. The van der Waals surface area contributed by atoms with E-state index in [1.165, 1.54) is 0 Å². The van der Waals surface area contributed by atoms with E-state index in [0.717, 1.165) is 18.2 Å². The maximum Gasteiger partial charge on any atom is 0.150 e. The van der Waals surface area contributed by atoms with Crippen molar-refractivity contribution in [2.75, 3.05) is 0 Å². The lowest BCUT2D eigenvalue weighted by Crippen LogP contribution is -1.91. The van der Waals surface area contributed by atoms with Gasteiger partial charge in [0.05, 0.1) is 0 Å². The van der Waals surface area contributed by atoms with Crippen LogP contribution in [0.2, 0.25) is 0 Å². The topological polar surface area (TPSA) is 17.1 Å². The van der Waals surface area contributed by atoms with E-state index in [1.54, 1.807) is 0 Å². The molecule has 0 aliphatic carbocycles. The molecule has 0 aromatic heterocycles. The molecule has 0 aliphatic heterocycles. The molecule has 1 nitrogen and oxygen atoms in total. The largest absolute Gasteiger partial charge is 0.298 e. The minimum absolute atomic E-state index is 0.0180. The molecule has 12 heavy (non-hydrogen) atoms. The van der Waals surface area contributed by atoms with Crippen molar-refractivity contribution in [3.05, 3.63) is 41.5 Å². The van der Waals surface area contributed by atoms with Crippen LogP contribution in [0, 0.1) is 11.6 Å². The zero-order chi connectivity index (χ0) is 9.14. The SMILES string of the molecule is C=Cc1c(F)cc(C=O)cc1F. The normalized spacial score (nSPS) is 9.50. The first-order valence-electron chi connectivity index (χ1n) is 3.25. The average molecular weight is 168 g/mol. The van der Waals surface area contributed by atoms with Crippen LogP contribution in [0.15, 0.2) is 18.7 Å². The van der Waals surface area contributed by atoms with Crippen molar-refractivity contribution in [3.8, 4) is 0 Å². The van der Waals surface area contributed by atoms with Crippen LogP contribution in [0.4, 0.5) is 8.78 Å². The Morgan fingerprint density at radius 3 is 2.08 bits per heavy atom. The Labute approximate surface area is 68.3 Å². The third kappa shape index (κ3) is 1.39. The van der Waals surface area contributed by atoms with Crippen molar-refractivity contribution in [1.29, 1.82) is 0 Å². The summed E-state index contributed by atoms with van der Waals surface area (Å²) in [6.07, 6.45) is 1.46. The Hall–Kier alpha value is -1.51. The number of hydrogen-bond acceptors (Lipinski definition) is 1. The maximum atomic E-state index is 12.8. The van der Waals surface area contributed by atoms with E-state index in [0.29, 0.717) is 6.29 Å². The highest BCUT2D eigenvalue weighted by atomic mass is 19.1. The van der Waals surface area contributed by atoms with Gasteiger partial charge in [-0.3, -0.25) is 4.79 Å². The first-order chi connectivity index (χ1) is 5.69. The van der Waals surface area contributed by atoms with E-state index in [1.807, 2.05) is 0 Å². The van der Waals surface area contributed by atoms with Gasteiger partial charge in [0.2, 0.25) is 0 Å².